The molecule has 4 aromatic carbocycles. The van der Waals surface area contributed by atoms with Gasteiger partial charge in [-0.05, 0) is 0 Å². The first-order valence-corrected chi connectivity index (χ1v) is 21.1. The van der Waals surface area contributed by atoms with E-state index in [9.17, 15) is 27.2 Å². The number of rotatable bonds is 6. The number of carbonyl (C=O) groups excluding carboxylic acids is 2. The van der Waals surface area contributed by atoms with Crippen molar-refractivity contribution in [3.8, 4) is 11.5 Å². The SMILES string of the molecule is CCC(=O)Oc1ccc(F)[c-]c1F.CCC(=O)Oc1ccc(F)[c-]c1F.C[Si](C)(C)[c-]1cccc1.C[Si](C)(C)[c-]1cccc1.[Ti+4]. The van der Waals surface area contributed by atoms with E-state index in [4.69, 9.17) is 0 Å². The summed E-state index contributed by atoms with van der Waals surface area (Å²) in [6, 6.07) is 25.0. The van der Waals surface area contributed by atoms with Crippen LogP contribution in [0.4, 0.5) is 17.6 Å². The maximum Gasteiger partial charge on any atom is 4.00 e. The van der Waals surface area contributed by atoms with E-state index in [-0.39, 0.29) is 46.1 Å². The normalized spacial score (nSPS) is 10.4. The molecule has 0 saturated carbocycles. The Morgan fingerprint density at radius 2 is 0.911 bits per heavy atom. The molecule has 45 heavy (non-hydrogen) atoms. The summed E-state index contributed by atoms with van der Waals surface area (Å²) in [5.41, 5.74) is 0. The van der Waals surface area contributed by atoms with Gasteiger partial charge in [0.2, 0.25) is 0 Å². The van der Waals surface area contributed by atoms with Crippen molar-refractivity contribution in [2.75, 3.05) is 0 Å². The van der Waals surface area contributed by atoms with E-state index in [0.29, 0.717) is 0 Å². The number of halogens is 4. The van der Waals surface area contributed by atoms with E-state index in [2.05, 4.69) is 97.3 Å². The van der Waals surface area contributed by atoms with E-state index in [0.717, 1.165) is 24.3 Å². The molecule has 11 heteroatoms. The maximum absolute atomic E-state index is 12.8. The summed E-state index contributed by atoms with van der Waals surface area (Å²) < 4.78 is 59.3. The van der Waals surface area contributed by atoms with Crippen molar-refractivity contribution in [1.29, 1.82) is 0 Å². The minimum absolute atomic E-state index is 0. The molecular weight excluding hydrogens is 652 g/mol. The Bertz CT molecular complexity index is 1320. The standard InChI is InChI=1S/2C9H7F2O2.2C8H13Si.Ti/c2*1-2-9(12)13-8-4-3-6(10)5-7(8)11;2*1-9(2,3)8-6-4-5-7-8;/h2*3-4H,2H2,1H3;2*4-7H,1-3H3;/q4*-1;+4. The van der Waals surface area contributed by atoms with Crippen LogP contribution in [0.5, 0.6) is 11.5 Å². The van der Waals surface area contributed by atoms with Crippen molar-refractivity contribution in [3.63, 3.8) is 0 Å². The second-order valence-corrected chi connectivity index (χ2v) is 21.6. The Morgan fingerprint density at radius 1 is 0.622 bits per heavy atom. The molecular formula is C34H40F4O4Si2Ti. The third kappa shape index (κ3) is 16.7. The molecule has 240 valence electrons. The second-order valence-electron chi connectivity index (χ2n) is 11.5. The Hall–Kier alpha value is -3.05. The fraction of sp³-hybridized carbons (Fsp3) is 0.294. The van der Waals surface area contributed by atoms with Crippen molar-refractivity contribution in [2.24, 2.45) is 0 Å². The zero-order valence-corrected chi connectivity index (χ0v) is 30.5. The molecule has 4 aromatic rings. The molecule has 0 saturated heterocycles. The summed E-state index contributed by atoms with van der Waals surface area (Å²) >= 11 is 0. The summed E-state index contributed by atoms with van der Waals surface area (Å²) in [5.74, 6) is -5.38. The van der Waals surface area contributed by atoms with E-state index in [1.165, 1.54) is 0 Å². The average molecular weight is 693 g/mol. The van der Waals surface area contributed by atoms with Gasteiger partial charge in [-0.3, -0.25) is 9.59 Å². The molecule has 0 aromatic heterocycles. The predicted molar refractivity (Wildman–Crippen MR) is 172 cm³/mol. The van der Waals surface area contributed by atoms with Gasteiger partial charge < -0.3 is 9.47 Å². The van der Waals surface area contributed by atoms with Crippen molar-refractivity contribution < 1.29 is 58.3 Å². The van der Waals surface area contributed by atoms with Gasteiger partial charge >= 0.3 is 21.7 Å². The quantitative estimate of drug-likeness (QED) is 0.0675. The Morgan fingerprint density at radius 3 is 1.11 bits per heavy atom. The van der Waals surface area contributed by atoms with Crippen molar-refractivity contribution in [1.82, 2.24) is 0 Å². The molecule has 0 atom stereocenters. The van der Waals surface area contributed by atoms with Crippen LogP contribution in [0, 0.1) is 35.4 Å². The van der Waals surface area contributed by atoms with Crippen LogP contribution in [0.3, 0.4) is 0 Å². The molecule has 0 heterocycles. The average Bonchev–Trinajstić information content (AvgIpc) is 3.68. The smallest absolute Gasteiger partial charge is 0.488 e. The Kier molecular flexibility index (Phi) is 18.8. The molecule has 0 bridgehead atoms. The van der Waals surface area contributed by atoms with Crippen molar-refractivity contribution in [2.45, 2.75) is 66.0 Å². The first-order valence-electron chi connectivity index (χ1n) is 14.1. The summed E-state index contributed by atoms with van der Waals surface area (Å²) in [4.78, 5) is 21.4. The van der Waals surface area contributed by atoms with Gasteiger partial charge in [-0.1, -0.05) is 53.1 Å². The molecule has 0 fully saturated rings. The molecule has 0 radical (unpaired) electrons. The molecule has 4 rings (SSSR count). The van der Waals surface area contributed by atoms with Crippen LogP contribution in [-0.2, 0) is 31.3 Å². The molecule has 0 unspecified atom stereocenters. The predicted octanol–water partition coefficient (Wildman–Crippen LogP) is 8.06. The number of hydrogen-bond donors (Lipinski definition) is 0. The minimum atomic E-state index is -0.998. The Balaban J connectivity index is 0.000000577. The summed E-state index contributed by atoms with van der Waals surface area (Å²) in [5, 5.41) is 3.12. The number of carbonyl (C=O) groups is 2. The van der Waals surface area contributed by atoms with E-state index < -0.39 is 51.4 Å². The summed E-state index contributed by atoms with van der Waals surface area (Å²) in [6.07, 6.45) is 0.271. The van der Waals surface area contributed by atoms with E-state index in [1.807, 2.05) is 0 Å². The second kappa shape index (κ2) is 20.1. The molecule has 0 aliphatic rings. The van der Waals surface area contributed by atoms with Gasteiger partial charge in [-0.2, -0.15) is 34.6 Å². The third-order valence-electron chi connectivity index (χ3n) is 5.74. The van der Waals surface area contributed by atoms with Crippen LogP contribution < -0.4 is 19.8 Å². The van der Waals surface area contributed by atoms with Gasteiger partial charge in [0, 0.05) is 40.6 Å². The number of benzene rings is 2. The van der Waals surface area contributed by atoms with Gasteiger partial charge in [-0.25, -0.2) is 41.8 Å². The topological polar surface area (TPSA) is 52.6 Å². The monoisotopic (exact) mass is 692 g/mol. The molecule has 0 N–H and O–H groups in total. The zero-order chi connectivity index (χ0) is 33.5. The van der Waals surface area contributed by atoms with Gasteiger partial charge in [-0.15, -0.1) is 36.4 Å². The zero-order valence-electron chi connectivity index (χ0n) is 27.0. The molecule has 0 aliphatic heterocycles. The van der Waals surface area contributed by atoms with E-state index >= 15 is 0 Å². The maximum atomic E-state index is 12.8. The van der Waals surface area contributed by atoms with Gasteiger partial charge in [0.25, 0.3) is 11.9 Å². The number of hydrogen-bond acceptors (Lipinski definition) is 4. The van der Waals surface area contributed by atoms with Crippen molar-refractivity contribution in [3.05, 3.63) is 108 Å². The van der Waals surface area contributed by atoms with Crippen LogP contribution in [0.1, 0.15) is 26.7 Å². The van der Waals surface area contributed by atoms with Crippen LogP contribution >= 0.6 is 0 Å². The molecule has 4 nitrogen and oxygen atoms in total. The Labute approximate surface area is 281 Å². The van der Waals surface area contributed by atoms with Crippen LogP contribution in [0.15, 0.2) is 72.8 Å². The number of ether oxygens (including phenoxy) is 2. The summed E-state index contributed by atoms with van der Waals surface area (Å²) in [6.45, 7) is 17.3. The fourth-order valence-corrected chi connectivity index (χ4v) is 5.54. The third-order valence-corrected chi connectivity index (χ3v) is 9.87. The molecule has 0 aliphatic carbocycles. The van der Waals surface area contributed by atoms with Crippen molar-refractivity contribution >= 4 is 38.5 Å². The first kappa shape index (κ1) is 41.9. The first-order chi connectivity index (χ1) is 20.5. The number of esters is 2. The van der Waals surface area contributed by atoms with Crippen LogP contribution in [0.25, 0.3) is 0 Å². The van der Waals surface area contributed by atoms with Crippen LogP contribution in [0.2, 0.25) is 39.3 Å². The summed E-state index contributed by atoms with van der Waals surface area (Å²) in [7, 11) is -1.96. The minimum Gasteiger partial charge on any atom is -0.488 e. The van der Waals surface area contributed by atoms with Gasteiger partial charge in [0.05, 0.1) is 23.1 Å². The van der Waals surface area contributed by atoms with Gasteiger partial charge in [0.1, 0.15) is 0 Å². The molecule has 0 spiro atoms. The van der Waals surface area contributed by atoms with Crippen LogP contribution in [-0.4, -0.2) is 28.1 Å². The molecule has 0 amide bonds. The van der Waals surface area contributed by atoms with Gasteiger partial charge in [0.15, 0.2) is 0 Å². The van der Waals surface area contributed by atoms with E-state index in [1.54, 1.807) is 36.4 Å². The largest absolute Gasteiger partial charge is 4.00 e. The fourth-order valence-electron chi connectivity index (χ4n) is 3.16.